The second kappa shape index (κ2) is 7.95. The normalized spacial score (nSPS) is 17.7. The number of aromatic nitrogens is 1. The zero-order valence-electron chi connectivity index (χ0n) is 16.9. The molecule has 1 amide bonds. The number of carbonyl (C=O) groups is 2. The highest BCUT2D eigenvalue weighted by Crippen LogP contribution is 2.44. The van der Waals surface area contributed by atoms with Crippen molar-refractivity contribution in [1.29, 1.82) is 0 Å². The van der Waals surface area contributed by atoms with Crippen molar-refractivity contribution in [1.82, 2.24) is 4.98 Å². The van der Waals surface area contributed by atoms with Gasteiger partial charge in [0.05, 0.1) is 24.4 Å². The van der Waals surface area contributed by atoms with Gasteiger partial charge in [0.25, 0.3) is 11.7 Å². The van der Waals surface area contributed by atoms with Crippen LogP contribution in [0.2, 0.25) is 0 Å². The van der Waals surface area contributed by atoms with Crippen LogP contribution in [0.4, 0.5) is 5.69 Å². The number of benzene rings is 2. The van der Waals surface area contributed by atoms with Crippen LogP contribution in [0, 0.1) is 6.92 Å². The number of pyridine rings is 1. The van der Waals surface area contributed by atoms with Gasteiger partial charge in [-0.25, -0.2) is 0 Å². The highest BCUT2D eigenvalue weighted by molar-refractivity contribution is 6.51. The molecule has 2 aromatic carbocycles. The van der Waals surface area contributed by atoms with Gasteiger partial charge in [-0.3, -0.25) is 19.5 Å². The van der Waals surface area contributed by atoms with Crippen molar-refractivity contribution >= 4 is 23.1 Å². The Morgan fingerprint density at radius 1 is 1.03 bits per heavy atom. The standard InChI is InChI=1S/C24H20N2O5/c1-14-3-8-19(27)18(13-14)26-21(15-9-11-25-12-10-15)20(23(29)24(26)30)22(28)16-4-6-17(31-2)7-5-16/h3-13,21,27-28H,1-2H3/b22-20+. The lowest BCUT2D eigenvalue weighted by atomic mass is 9.95. The molecule has 2 N–H and O–H groups in total. The molecule has 0 bridgehead atoms. The molecule has 3 aromatic rings. The summed E-state index contributed by atoms with van der Waals surface area (Å²) in [7, 11) is 1.53. The average Bonchev–Trinajstić information content (AvgIpc) is 3.06. The summed E-state index contributed by atoms with van der Waals surface area (Å²) < 4.78 is 5.14. The van der Waals surface area contributed by atoms with Gasteiger partial charge in [0, 0.05) is 18.0 Å². The van der Waals surface area contributed by atoms with Crippen LogP contribution in [0.3, 0.4) is 0 Å². The number of Topliss-reactive ketones (excluding diaryl/α,β-unsaturated/α-hetero) is 1. The monoisotopic (exact) mass is 416 g/mol. The minimum absolute atomic E-state index is 0.0673. The summed E-state index contributed by atoms with van der Waals surface area (Å²) >= 11 is 0. The molecule has 156 valence electrons. The molecular formula is C24H20N2O5. The quantitative estimate of drug-likeness (QED) is 0.382. The Morgan fingerprint density at radius 3 is 2.35 bits per heavy atom. The Kier molecular flexibility index (Phi) is 5.17. The van der Waals surface area contributed by atoms with E-state index in [0.717, 1.165) is 5.56 Å². The SMILES string of the molecule is COc1ccc(/C(O)=C2\C(=O)C(=O)N(c3cc(C)ccc3O)C2c2ccncc2)cc1. The number of aliphatic hydroxyl groups is 1. The zero-order valence-corrected chi connectivity index (χ0v) is 16.9. The minimum Gasteiger partial charge on any atom is -0.507 e. The van der Waals surface area contributed by atoms with Crippen molar-refractivity contribution in [3.8, 4) is 11.5 Å². The minimum atomic E-state index is -0.933. The molecule has 1 atom stereocenters. The maximum Gasteiger partial charge on any atom is 0.300 e. The number of aromatic hydroxyl groups is 1. The number of ketones is 1. The molecule has 7 heteroatoms. The summed E-state index contributed by atoms with van der Waals surface area (Å²) in [6.45, 7) is 1.82. The second-order valence-electron chi connectivity index (χ2n) is 7.17. The summed E-state index contributed by atoms with van der Waals surface area (Å²) in [6, 6.07) is 13.7. The number of rotatable bonds is 4. The fraction of sp³-hybridized carbons (Fsp3) is 0.125. The van der Waals surface area contributed by atoms with Gasteiger partial charge < -0.3 is 14.9 Å². The van der Waals surface area contributed by atoms with Crippen LogP contribution in [-0.2, 0) is 9.59 Å². The molecule has 31 heavy (non-hydrogen) atoms. The molecule has 7 nitrogen and oxygen atoms in total. The molecule has 1 saturated heterocycles. The summed E-state index contributed by atoms with van der Waals surface area (Å²) in [5, 5.41) is 21.5. The Labute approximate surface area is 178 Å². The largest absolute Gasteiger partial charge is 0.507 e. The Morgan fingerprint density at radius 2 is 1.71 bits per heavy atom. The Hall–Kier alpha value is -4.13. The first-order valence-electron chi connectivity index (χ1n) is 9.57. The fourth-order valence-electron chi connectivity index (χ4n) is 3.67. The third kappa shape index (κ3) is 3.50. The fourth-order valence-corrected chi connectivity index (χ4v) is 3.67. The van der Waals surface area contributed by atoms with Crippen LogP contribution in [0.5, 0.6) is 11.5 Å². The van der Waals surface area contributed by atoms with Crippen molar-refractivity contribution < 1.29 is 24.5 Å². The molecule has 0 aliphatic carbocycles. The van der Waals surface area contributed by atoms with E-state index < -0.39 is 17.7 Å². The van der Waals surface area contributed by atoms with Crippen LogP contribution in [0.15, 0.2) is 72.6 Å². The number of carbonyl (C=O) groups excluding carboxylic acids is 2. The summed E-state index contributed by atoms with van der Waals surface area (Å²) in [6.07, 6.45) is 3.08. The van der Waals surface area contributed by atoms with E-state index in [1.165, 1.54) is 18.1 Å². The number of phenolic OH excluding ortho intramolecular Hbond substituents is 1. The van der Waals surface area contributed by atoms with Gasteiger partial charge in [0.2, 0.25) is 0 Å². The van der Waals surface area contributed by atoms with E-state index in [9.17, 15) is 19.8 Å². The third-order valence-electron chi connectivity index (χ3n) is 5.22. The van der Waals surface area contributed by atoms with Crippen LogP contribution in [-0.4, -0.2) is 34.0 Å². The van der Waals surface area contributed by atoms with Crippen molar-refractivity contribution in [2.45, 2.75) is 13.0 Å². The first kappa shape index (κ1) is 20.2. The topological polar surface area (TPSA) is 100.0 Å². The van der Waals surface area contributed by atoms with E-state index in [4.69, 9.17) is 4.74 Å². The number of phenols is 1. The molecule has 0 spiro atoms. The molecule has 1 aliphatic rings. The van der Waals surface area contributed by atoms with Gasteiger partial charge in [0.15, 0.2) is 0 Å². The number of hydrogen-bond donors (Lipinski definition) is 2. The molecule has 1 fully saturated rings. The number of hydrogen-bond acceptors (Lipinski definition) is 6. The van der Waals surface area contributed by atoms with Crippen molar-refractivity contribution in [2.75, 3.05) is 12.0 Å². The number of aryl methyl sites for hydroxylation is 1. The van der Waals surface area contributed by atoms with E-state index in [1.54, 1.807) is 60.9 Å². The lowest BCUT2D eigenvalue weighted by Crippen LogP contribution is -2.29. The van der Waals surface area contributed by atoms with E-state index in [1.807, 2.05) is 6.92 Å². The molecule has 4 rings (SSSR count). The molecule has 1 aromatic heterocycles. The summed E-state index contributed by atoms with van der Waals surface area (Å²) in [5.41, 5.74) is 1.87. The van der Waals surface area contributed by atoms with Crippen LogP contribution in [0.1, 0.15) is 22.7 Å². The summed E-state index contributed by atoms with van der Waals surface area (Å²) in [5.74, 6) is -1.53. The number of anilines is 1. The number of ether oxygens (including phenoxy) is 1. The van der Waals surface area contributed by atoms with Gasteiger partial charge in [-0.1, -0.05) is 6.07 Å². The van der Waals surface area contributed by atoms with E-state index in [-0.39, 0.29) is 22.8 Å². The number of nitrogens with zero attached hydrogens (tertiary/aromatic N) is 2. The number of amides is 1. The van der Waals surface area contributed by atoms with Gasteiger partial charge in [-0.15, -0.1) is 0 Å². The van der Waals surface area contributed by atoms with Crippen LogP contribution in [0.25, 0.3) is 5.76 Å². The average molecular weight is 416 g/mol. The van der Waals surface area contributed by atoms with E-state index in [0.29, 0.717) is 16.9 Å². The van der Waals surface area contributed by atoms with Gasteiger partial charge in [-0.05, 0) is 66.6 Å². The zero-order chi connectivity index (χ0) is 22.1. The second-order valence-corrected chi connectivity index (χ2v) is 7.17. The summed E-state index contributed by atoms with van der Waals surface area (Å²) in [4.78, 5) is 31.4. The number of methoxy groups -OCH3 is 1. The van der Waals surface area contributed by atoms with Crippen LogP contribution < -0.4 is 9.64 Å². The highest BCUT2D eigenvalue weighted by Gasteiger charge is 2.47. The molecule has 0 radical (unpaired) electrons. The van der Waals surface area contributed by atoms with E-state index in [2.05, 4.69) is 4.98 Å². The molecular weight excluding hydrogens is 396 g/mol. The first-order chi connectivity index (χ1) is 14.9. The number of aliphatic hydroxyl groups excluding tert-OH is 1. The lowest BCUT2D eigenvalue weighted by Gasteiger charge is -2.26. The smallest absolute Gasteiger partial charge is 0.300 e. The Balaban J connectivity index is 1.94. The molecule has 2 heterocycles. The third-order valence-corrected chi connectivity index (χ3v) is 5.22. The maximum atomic E-state index is 13.1. The predicted molar refractivity (Wildman–Crippen MR) is 115 cm³/mol. The van der Waals surface area contributed by atoms with E-state index >= 15 is 0 Å². The van der Waals surface area contributed by atoms with Crippen molar-refractivity contribution in [3.05, 3.63) is 89.3 Å². The Bertz CT molecular complexity index is 1190. The van der Waals surface area contributed by atoms with Gasteiger partial charge in [-0.2, -0.15) is 0 Å². The van der Waals surface area contributed by atoms with Crippen molar-refractivity contribution in [3.63, 3.8) is 0 Å². The molecule has 0 saturated carbocycles. The predicted octanol–water partition coefficient (Wildman–Crippen LogP) is 3.73. The first-order valence-corrected chi connectivity index (χ1v) is 9.57. The van der Waals surface area contributed by atoms with Crippen molar-refractivity contribution in [2.24, 2.45) is 0 Å². The lowest BCUT2D eigenvalue weighted by molar-refractivity contribution is -0.132. The van der Waals surface area contributed by atoms with Gasteiger partial charge >= 0.3 is 0 Å². The maximum absolute atomic E-state index is 13.1. The molecule has 1 unspecified atom stereocenters. The molecule has 1 aliphatic heterocycles. The highest BCUT2D eigenvalue weighted by atomic mass is 16.5. The van der Waals surface area contributed by atoms with Crippen LogP contribution >= 0.6 is 0 Å². The van der Waals surface area contributed by atoms with Gasteiger partial charge in [0.1, 0.15) is 17.3 Å².